The molecule has 0 bridgehead atoms. The summed E-state index contributed by atoms with van der Waals surface area (Å²) in [5.41, 5.74) is 7.61. The van der Waals surface area contributed by atoms with Crippen LogP contribution in [0.4, 0.5) is 5.69 Å². The highest BCUT2D eigenvalue weighted by Gasteiger charge is 2.04. The molecule has 0 atom stereocenters. The normalized spacial score (nSPS) is 11.3. The van der Waals surface area contributed by atoms with Gasteiger partial charge in [-0.25, -0.2) is 4.99 Å². The smallest absolute Gasteiger partial charge is 0.246 e. The van der Waals surface area contributed by atoms with Crippen LogP contribution in [-0.2, 0) is 24.3 Å². The van der Waals surface area contributed by atoms with Crippen molar-refractivity contribution in [2.75, 3.05) is 11.9 Å². The molecular formula is C19H22N6OS. The standard InChI is InChI=1S/C19H22N6OS/c20-19(21-9-7-17-6-2-11-27-17)22-13-15-4-1-5-16(12-15)24-18(26)14-25-10-3-8-23-25/h1-6,8,10-12H,7,9,13-14H2,(H,24,26)(H3,20,21,22). The van der Waals surface area contributed by atoms with E-state index in [-0.39, 0.29) is 12.5 Å². The summed E-state index contributed by atoms with van der Waals surface area (Å²) < 4.78 is 1.58. The van der Waals surface area contributed by atoms with Crippen LogP contribution in [0.2, 0.25) is 0 Å². The molecule has 140 valence electrons. The molecule has 0 aliphatic carbocycles. The van der Waals surface area contributed by atoms with E-state index in [9.17, 15) is 4.79 Å². The van der Waals surface area contributed by atoms with Crippen molar-refractivity contribution in [3.8, 4) is 0 Å². The molecule has 0 unspecified atom stereocenters. The summed E-state index contributed by atoms with van der Waals surface area (Å²) in [6, 6.07) is 13.5. The topological polar surface area (TPSA) is 97.3 Å². The van der Waals surface area contributed by atoms with Crippen LogP contribution < -0.4 is 16.4 Å². The van der Waals surface area contributed by atoms with Gasteiger partial charge >= 0.3 is 0 Å². The van der Waals surface area contributed by atoms with Crippen LogP contribution in [0, 0.1) is 0 Å². The second kappa shape index (κ2) is 9.54. The number of amides is 1. The summed E-state index contributed by atoms with van der Waals surface area (Å²) in [5.74, 6) is 0.286. The number of aliphatic imine (C=N–C) groups is 1. The van der Waals surface area contributed by atoms with Crippen molar-refractivity contribution in [3.05, 3.63) is 70.7 Å². The fourth-order valence-corrected chi connectivity index (χ4v) is 3.20. The zero-order valence-corrected chi connectivity index (χ0v) is 15.7. The lowest BCUT2D eigenvalue weighted by atomic mass is 10.2. The lowest BCUT2D eigenvalue weighted by Gasteiger charge is -2.08. The lowest BCUT2D eigenvalue weighted by molar-refractivity contribution is -0.116. The zero-order valence-electron chi connectivity index (χ0n) is 14.8. The summed E-state index contributed by atoms with van der Waals surface area (Å²) >= 11 is 1.73. The van der Waals surface area contributed by atoms with Crippen LogP contribution in [0.15, 0.2) is 65.2 Å². The van der Waals surface area contributed by atoms with E-state index in [0.717, 1.165) is 24.2 Å². The van der Waals surface area contributed by atoms with Crippen molar-refractivity contribution < 1.29 is 4.79 Å². The van der Waals surface area contributed by atoms with Crippen LogP contribution in [0.5, 0.6) is 0 Å². The van der Waals surface area contributed by atoms with Gasteiger partial charge in [-0.05, 0) is 41.6 Å². The maximum atomic E-state index is 12.0. The number of nitrogens with one attached hydrogen (secondary N) is 2. The Morgan fingerprint density at radius 2 is 2.19 bits per heavy atom. The third kappa shape index (κ3) is 6.27. The fraction of sp³-hybridized carbons (Fsp3) is 0.211. The highest BCUT2D eigenvalue weighted by molar-refractivity contribution is 7.09. The molecule has 0 saturated carbocycles. The monoisotopic (exact) mass is 382 g/mol. The number of aromatic nitrogens is 2. The fourth-order valence-electron chi connectivity index (χ4n) is 2.49. The maximum Gasteiger partial charge on any atom is 0.246 e. The van der Waals surface area contributed by atoms with Gasteiger partial charge in [0.15, 0.2) is 5.96 Å². The summed E-state index contributed by atoms with van der Waals surface area (Å²) in [4.78, 5) is 17.7. The Kier molecular flexibility index (Phi) is 6.59. The Balaban J connectivity index is 1.47. The maximum absolute atomic E-state index is 12.0. The van der Waals surface area contributed by atoms with Crippen molar-refractivity contribution in [2.24, 2.45) is 10.7 Å². The number of thiophene rings is 1. The van der Waals surface area contributed by atoms with Gasteiger partial charge in [-0.2, -0.15) is 5.10 Å². The molecule has 7 nitrogen and oxygen atoms in total. The Morgan fingerprint density at radius 1 is 1.26 bits per heavy atom. The minimum absolute atomic E-state index is 0.130. The van der Waals surface area contributed by atoms with E-state index in [0.29, 0.717) is 12.5 Å². The summed E-state index contributed by atoms with van der Waals surface area (Å²) in [6.07, 6.45) is 4.31. The van der Waals surface area contributed by atoms with E-state index in [1.807, 2.05) is 30.3 Å². The van der Waals surface area contributed by atoms with E-state index in [1.54, 1.807) is 34.5 Å². The first-order valence-electron chi connectivity index (χ1n) is 8.61. The number of guanidine groups is 1. The average Bonchev–Trinajstić information content (AvgIpc) is 3.34. The summed E-state index contributed by atoms with van der Waals surface area (Å²) in [5, 5.41) is 12.1. The van der Waals surface area contributed by atoms with Gasteiger partial charge in [0, 0.05) is 29.5 Å². The van der Waals surface area contributed by atoms with Crippen LogP contribution in [0.25, 0.3) is 0 Å². The summed E-state index contributed by atoms with van der Waals surface area (Å²) in [7, 11) is 0. The Labute approximate surface area is 161 Å². The number of carbonyl (C=O) groups excluding carboxylic acids is 1. The second-order valence-corrected chi connectivity index (χ2v) is 6.94. The molecule has 1 amide bonds. The van der Waals surface area contributed by atoms with Crippen LogP contribution >= 0.6 is 11.3 Å². The number of hydrogen-bond donors (Lipinski definition) is 3. The number of anilines is 1. The van der Waals surface area contributed by atoms with Crippen LogP contribution in [-0.4, -0.2) is 28.2 Å². The third-order valence-electron chi connectivity index (χ3n) is 3.77. The molecular weight excluding hydrogens is 360 g/mol. The van der Waals surface area contributed by atoms with Gasteiger partial charge in [0.25, 0.3) is 0 Å². The van der Waals surface area contributed by atoms with Gasteiger partial charge in [0.05, 0.1) is 6.54 Å². The Hall–Kier alpha value is -3.13. The highest BCUT2D eigenvalue weighted by Crippen LogP contribution is 2.12. The first kappa shape index (κ1) is 18.7. The molecule has 2 aromatic heterocycles. The van der Waals surface area contributed by atoms with E-state index >= 15 is 0 Å². The summed E-state index contributed by atoms with van der Waals surface area (Å²) in [6.45, 7) is 1.37. The van der Waals surface area contributed by atoms with Crippen molar-refractivity contribution >= 4 is 28.9 Å². The first-order chi connectivity index (χ1) is 13.2. The van der Waals surface area contributed by atoms with Crippen molar-refractivity contribution in [3.63, 3.8) is 0 Å². The molecule has 0 aliphatic rings. The average molecular weight is 382 g/mol. The Morgan fingerprint density at radius 3 is 2.96 bits per heavy atom. The first-order valence-corrected chi connectivity index (χ1v) is 9.49. The molecule has 0 fully saturated rings. The molecule has 0 radical (unpaired) electrons. The van der Waals surface area contributed by atoms with Crippen molar-refractivity contribution in [2.45, 2.75) is 19.5 Å². The Bertz CT molecular complexity index is 874. The van der Waals surface area contributed by atoms with E-state index in [4.69, 9.17) is 5.73 Å². The predicted molar refractivity (Wildman–Crippen MR) is 109 cm³/mol. The third-order valence-corrected chi connectivity index (χ3v) is 4.70. The SMILES string of the molecule is NC(=NCc1cccc(NC(=O)Cn2cccn2)c1)NCCc1cccs1. The largest absolute Gasteiger partial charge is 0.370 e. The molecule has 3 rings (SSSR count). The number of nitrogens with two attached hydrogens (primary N) is 1. The lowest BCUT2D eigenvalue weighted by Crippen LogP contribution is -2.33. The molecule has 3 aromatic rings. The molecule has 1 aromatic carbocycles. The van der Waals surface area contributed by atoms with Crippen molar-refractivity contribution in [1.82, 2.24) is 15.1 Å². The van der Waals surface area contributed by atoms with Gasteiger partial charge in [0.2, 0.25) is 5.91 Å². The molecule has 4 N–H and O–H groups in total. The molecule has 0 spiro atoms. The van der Waals surface area contributed by atoms with Crippen LogP contribution in [0.3, 0.4) is 0 Å². The number of benzene rings is 1. The number of hydrogen-bond acceptors (Lipinski definition) is 4. The van der Waals surface area contributed by atoms with Crippen molar-refractivity contribution in [1.29, 1.82) is 0 Å². The zero-order chi connectivity index (χ0) is 18.9. The number of carbonyl (C=O) groups is 1. The van der Waals surface area contributed by atoms with E-state index in [2.05, 4.69) is 32.2 Å². The van der Waals surface area contributed by atoms with E-state index in [1.165, 1.54) is 4.88 Å². The molecule has 0 aliphatic heterocycles. The van der Waals surface area contributed by atoms with E-state index < -0.39 is 0 Å². The molecule has 8 heteroatoms. The van der Waals surface area contributed by atoms with Gasteiger partial charge in [0.1, 0.15) is 6.54 Å². The molecule has 0 saturated heterocycles. The van der Waals surface area contributed by atoms with Gasteiger partial charge < -0.3 is 16.4 Å². The van der Waals surface area contributed by atoms with Crippen LogP contribution in [0.1, 0.15) is 10.4 Å². The van der Waals surface area contributed by atoms with Gasteiger partial charge in [-0.3, -0.25) is 9.48 Å². The number of nitrogens with zero attached hydrogens (tertiary/aromatic N) is 3. The van der Waals surface area contributed by atoms with Gasteiger partial charge in [-0.1, -0.05) is 18.2 Å². The molecule has 2 heterocycles. The quantitative estimate of drug-likeness (QED) is 0.411. The minimum Gasteiger partial charge on any atom is -0.370 e. The molecule has 27 heavy (non-hydrogen) atoms. The number of rotatable bonds is 8. The van der Waals surface area contributed by atoms with Gasteiger partial charge in [-0.15, -0.1) is 11.3 Å². The highest BCUT2D eigenvalue weighted by atomic mass is 32.1. The minimum atomic E-state index is -0.130. The predicted octanol–water partition coefficient (Wildman–Crippen LogP) is 2.23. The second-order valence-electron chi connectivity index (χ2n) is 5.91.